The maximum atomic E-state index is 4.33. The number of hydrogen-bond acceptors (Lipinski definition) is 2. The average molecular weight is 312 g/mol. The Morgan fingerprint density at radius 2 is 1.20 bits per heavy atom. The van der Waals surface area contributed by atoms with E-state index < -0.39 is 0 Å². The van der Waals surface area contributed by atoms with Gasteiger partial charge in [-0.15, -0.1) is 8.88 Å². The fourth-order valence-corrected chi connectivity index (χ4v) is 0. The zero-order chi connectivity index (χ0) is 3.41. The van der Waals surface area contributed by atoms with E-state index in [4.69, 9.17) is 0 Å². The molecule has 0 aliphatic rings. The molecule has 0 saturated carbocycles. The third-order valence-electron chi connectivity index (χ3n) is 0.0238. The summed E-state index contributed by atoms with van der Waals surface area (Å²) in [6.07, 6.45) is 0. The van der Waals surface area contributed by atoms with E-state index in [9.17, 15) is 0 Å². The van der Waals surface area contributed by atoms with Crippen molar-refractivity contribution < 1.29 is 8.88 Å². The van der Waals surface area contributed by atoms with Gasteiger partial charge in [0.25, 0.3) is 0 Å². The van der Waals surface area contributed by atoms with Crippen LogP contribution < -0.4 is 0 Å². The van der Waals surface area contributed by atoms with Gasteiger partial charge in [0.15, 0.2) is 0 Å². The van der Waals surface area contributed by atoms with E-state index >= 15 is 0 Å². The van der Waals surface area contributed by atoms with Crippen LogP contribution >= 0.6 is 23.7 Å². The molecule has 3 radical (unpaired) electrons. The standard InChI is InChI=1S/Bi.Cl2O2/c;1-3-4-2. The van der Waals surface area contributed by atoms with Crippen molar-refractivity contribution in [3.05, 3.63) is 0 Å². The normalized spacial score (nSPS) is 6.00. The summed E-state index contributed by atoms with van der Waals surface area (Å²) in [6, 6.07) is 0. The van der Waals surface area contributed by atoms with Crippen LogP contribution in [0.3, 0.4) is 0 Å². The van der Waals surface area contributed by atoms with E-state index in [-0.39, 0.29) is 26.2 Å². The molecule has 0 rings (SSSR count). The molecule has 0 unspecified atom stereocenters. The third-order valence-corrected chi connectivity index (χ3v) is 0.214. The average Bonchev–Trinajstić information content (AvgIpc) is 1.37. The topological polar surface area (TPSA) is 18.5 Å². The van der Waals surface area contributed by atoms with Gasteiger partial charge in [-0.25, -0.2) is 0 Å². The molecule has 0 aromatic heterocycles. The van der Waals surface area contributed by atoms with Crippen LogP contribution in [-0.4, -0.2) is 26.2 Å². The molecule has 5 heavy (non-hydrogen) atoms. The Balaban J connectivity index is 0. The van der Waals surface area contributed by atoms with Gasteiger partial charge in [0, 0.05) is 26.2 Å². The first-order valence-corrected chi connectivity index (χ1v) is 1.09. The first-order valence-electron chi connectivity index (χ1n) is 0.475. The van der Waals surface area contributed by atoms with Gasteiger partial charge in [-0.3, -0.25) is 0 Å². The van der Waals surface area contributed by atoms with Crippen molar-refractivity contribution in [3.63, 3.8) is 0 Å². The van der Waals surface area contributed by atoms with Crippen LogP contribution in [-0.2, 0) is 8.88 Å². The Morgan fingerprint density at radius 3 is 1.20 bits per heavy atom. The Bertz CT molecular complexity index is 9.61. The molecule has 0 spiro atoms. The van der Waals surface area contributed by atoms with Crippen molar-refractivity contribution >= 4 is 49.9 Å². The molecule has 0 saturated heterocycles. The van der Waals surface area contributed by atoms with Gasteiger partial charge in [0.05, 0.1) is 0 Å². The second-order valence-electron chi connectivity index (χ2n) is 0.126. The smallest absolute Gasteiger partial charge is 0.102 e. The molecular formula is BiCl2O2. The summed E-state index contributed by atoms with van der Waals surface area (Å²) in [5, 5.41) is 0. The molecule has 31 valence electrons. The molecule has 0 heterocycles. The third kappa shape index (κ3) is 10.8. The summed E-state index contributed by atoms with van der Waals surface area (Å²) < 4.78 is 6.56. The van der Waals surface area contributed by atoms with E-state index in [0.29, 0.717) is 0 Å². The summed E-state index contributed by atoms with van der Waals surface area (Å²) in [4.78, 5) is 0. The van der Waals surface area contributed by atoms with Crippen molar-refractivity contribution in [2.45, 2.75) is 0 Å². The second-order valence-corrected chi connectivity index (χ2v) is 0.378. The first kappa shape index (κ1) is 9.63. The van der Waals surface area contributed by atoms with Crippen LogP contribution in [0.2, 0.25) is 0 Å². The molecule has 0 aromatic rings. The molecule has 0 fully saturated rings. The summed E-state index contributed by atoms with van der Waals surface area (Å²) >= 11 is 8.66. The van der Waals surface area contributed by atoms with Crippen LogP contribution in [0.5, 0.6) is 0 Å². The molecule has 0 aliphatic carbocycles. The Morgan fingerprint density at radius 1 is 1.00 bits per heavy atom. The van der Waals surface area contributed by atoms with Gasteiger partial charge in [0.1, 0.15) is 23.7 Å². The van der Waals surface area contributed by atoms with E-state index in [1.165, 1.54) is 0 Å². The van der Waals surface area contributed by atoms with Crippen LogP contribution in [0, 0.1) is 0 Å². The maximum absolute atomic E-state index is 4.33. The fraction of sp³-hybridized carbons (Fsp3) is 0. The minimum atomic E-state index is 0. The number of halogens is 2. The molecule has 0 bridgehead atoms. The largest absolute Gasteiger partial charge is 0.102 e. The van der Waals surface area contributed by atoms with Gasteiger partial charge in [-0.05, 0) is 0 Å². The summed E-state index contributed by atoms with van der Waals surface area (Å²) in [6.45, 7) is 0. The van der Waals surface area contributed by atoms with Crippen LogP contribution in [0.25, 0.3) is 0 Å². The van der Waals surface area contributed by atoms with E-state index in [1.54, 1.807) is 0 Å². The van der Waals surface area contributed by atoms with Crippen LogP contribution in [0.4, 0.5) is 0 Å². The Kier molecular flexibility index (Phi) is 17.4. The predicted molar refractivity (Wildman–Crippen MR) is 19.6 cm³/mol. The van der Waals surface area contributed by atoms with Crippen LogP contribution in [0.1, 0.15) is 0 Å². The first-order chi connectivity index (χ1) is 1.91. The minimum Gasteiger partial charge on any atom is -0.102 e. The van der Waals surface area contributed by atoms with Crippen molar-refractivity contribution in [1.29, 1.82) is 0 Å². The number of rotatable bonds is 1. The zero-order valence-electron chi connectivity index (χ0n) is 2.02. The Labute approximate surface area is 58.7 Å². The SMILES string of the molecule is ClOOCl.[Bi]. The van der Waals surface area contributed by atoms with Gasteiger partial charge >= 0.3 is 0 Å². The van der Waals surface area contributed by atoms with E-state index in [2.05, 4.69) is 32.6 Å². The quantitative estimate of drug-likeness (QED) is 0.406. The zero-order valence-corrected chi connectivity index (χ0v) is 7.01. The van der Waals surface area contributed by atoms with Crippen molar-refractivity contribution in [2.75, 3.05) is 0 Å². The molecular weight excluding hydrogens is 312 g/mol. The molecule has 5 heteroatoms. The maximum Gasteiger partial charge on any atom is 0.102 e. The second kappa shape index (κ2) is 9.04. The molecule has 0 atom stereocenters. The number of hydrogen-bond donors (Lipinski definition) is 0. The van der Waals surface area contributed by atoms with Crippen molar-refractivity contribution in [3.8, 4) is 0 Å². The molecule has 0 N–H and O–H groups in total. The van der Waals surface area contributed by atoms with Crippen molar-refractivity contribution in [2.24, 2.45) is 0 Å². The summed E-state index contributed by atoms with van der Waals surface area (Å²) in [5.74, 6) is 0. The van der Waals surface area contributed by atoms with Gasteiger partial charge in [0.2, 0.25) is 0 Å². The van der Waals surface area contributed by atoms with Crippen LogP contribution in [0.15, 0.2) is 0 Å². The summed E-state index contributed by atoms with van der Waals surface area (Å²) in [7, 11) is 0. The van der Waals surface area contributed by atoms with E-state index in [1.807, 2.05) is 0 Å². The van der Waals surface area contributed by atoms with Gasteiger partial charge < -0.3 is 0 Å². The van der Waals surface area contributed by atoms with Gasteiger partial charge in [-0.1, -0.05) is 0 Å². The minimum absolute atomic E-state index is 0. The predicted octanol–water partition coefficient (Wildman–Crippen LogP) is 0.861. The molecule has 0 aliphatic heterocycles. The van der Waals surface area contributed by atoms with Crippen molar-refractivity contribution in [1.82, 2.24) is 0 Å². The Hall–Kier alpha value is 1.38. The fourth-order valence-electron chi connectivity index (χ4n) is 0. The molecule has 2 nitrogen and oxygen atoms in total. The van der Waals surface area contributed by atoms with Gasteiger partial charge in [-0.2, -0.15) is 0 Å². The summed E-state index contributed by atoms with van der Waals surface area (Å²) in [5.41, 5.74) is 0. The molecule has 0 amide bonds. The van der Waals surface area contributed by atoms with E-state index in [0.717, 1.165) is 0 Å². The molecule has 0 aromatic carbocycles. The monoisotopic (exact) mass is 311 g/mol.